The molecule has 12 nitrogen and oxygen atoms in total. The van der Waals surface area contributed by atoms with Gasteiger partial charge in [-0.3, -0.25) is 5.32 Å². The second-order valence-electron chi connectivity index (χ2n) is 14.7. The van der Waals surface area contributed by atoms with E-state index in [0.29, 0.717) is 68.4 Å². The van der Waals surface area contributed by atoms with Crippen molar-refractivity contribution in [3.8, 4) is 23.1 Å². The molecule has 4 aromatic carbocycles. The van der Waals surface area contributed by atoms with E-state index in [1.54, 1.807) is 31.2 Å². The molecule has 2 N–H and O–H groups in total. The van der Waals surface area contributed by atoms with Crippen molar-refractivity contribution in [3.63, 3.8) is 0 Å². The van der Waals surface area contributed by atoms with Crippen molar-refractivity contribution in [1.82, 2.24) is 19.7 Å². The molecule has 0 atom stereocenters. The first-order valence-corrected chi connectivity index (χ1v) is 19.2. The van der Waals surface area contributed by atoms with Gasteiger partial charge in [0.1, 0.15) is 23.1 Å². The third-order valence-electron chi connectivity index (χ3n) is 9.21. The van der Waals surface area contributed by atoms with E-state index in [0.717, 1.165) is 57.4 Å². The monoisotopic (exact) mass is 772 g/mol. The fourth-order valence-electron chi connectivity index (χ4n) is 6.21. The third-order valence-corrected chi connectivity index (χ3v) is 9.21. The van der Waals surface area contributed by atoms with E-state index in [2.05, 4.69) is 42.5 Å². The minimum absolute atomic E-state index is 0.213. The summed E-state index contributed by atoms with van der Waals surface area (Å²) >= 11 is 0. The van der Waals surface area contributed by atoms with Crippen LogP contribution in [0.4, 0.5) is 16.3 Å². The molecule has 0 spiro atoms. The van der Waals surface area contributed by atoms with Crippen molar-refractivity contribution in [1.29, 1.82) is 0 Å². The van der Waals surface area contributed by atoms with E-state index in [-0.39, 0.29) is 5.41 Å². The second-order valence-corrected chi connectivity index (χ2v) is 14.7. The van der Waals surface area contributed by atoms with Crippen LogP contribution in [0.5, 0.6) is 17.4 Å². The third kappa shape index (κ3) is 11.4. The summed E-state index contributed by atoms with van der Waals surface area (Å²) < 4.78 is 29.9. The summed E-state index contributed by atoms with van der Waals surface area (Å²) in [6.45, 7) is 11.2. The Balaban J connectivity index is 1.12. The number of rotatable bonds is 18. The van der Waals surface area contributed by atoms with E-state index in [1.807, 2.05) is 85.8 Å². The summed E-state index contributed by atoms with van der Waals surface area (Å²) in [4.78, 5) is 22.8. The van der Waals surface area contributed by atoms with E-state index < -0.39 is 6.03 Å². The zero-order valence-electron chi connectivity index (χ0n) is 33.6. The van der Waals surface area contributed by atoms with Crippen molar-refractivity contribution in [2.45, 2.75) is 52.4 Å². The summed E-state index contributed by atoms with van der Waals surface area (Å²) in [6, 6.07) is 28.9. The highest BCUT2D eigenvalue weighted by atomic mass is 16.5. The zero-order chi connectivity index (χ0) is 40.2. The molecule has 0 saturated heterocycles. The van der Waals surface area contributed by atoms with E-state index >= 15 is 0 Å². The fourth-order valence-corrected chi connectivity index (χ4v) is 6.21. The summed E-state index contributed by atoms with van der Waals surface area (Å²) in [7, 11) is 3.33. The minimum Gasteiger partial charge on any atom is -0.497 e. The van der Waals surface area contributed by atoms with Gasteiger partial charge < -0.3 is 29.0 Å². The van der Waals surface area contributed by atoms with Gasteiger partial charge in [0.05, 0.1) is 50.6 Å². The molecule has 298 valence electrons. The number of ether oxygens (including phenoxy) is 5. The van der Waals surface area contributed by atoms with Crippen molar-refractivity contribution in [2.75, 3.05) is 57.9 Å². The molecule has 0 unspecified atom stereocenters. The number of fused-ring (bicyclic) bond motifs is 1. The largest absolute Gasteiger partial charge is 0.497 e. The number of anilines is 2. The van der Waals surface area contributed by atoms with Crippen molar-refractivity contribution < 1.29 is 28.5 Å². The van der Waals surface area contributed by atoms with Crippen LogP contribution in [0.15, 0.2) is 97.2 Å². The van der Waals surface area contributed by atoms with Gasteiger partial charge in [0.25, 0.3) is 0 Å². The summed E-state index contributed by atoms with van der Waals surface area (Å²) in [5, 5.41) is 12.5. The molecule has 0 aliphatic rings. The molecule has 0 bridgehead atoms. The number of methoxy groups -OCH3 is 2. The molecule has 12 heteroatoms. The maximum atomic E-state index is 13.5. The number of aryl methyl sites for hydroxylation is 2. The predicted molar refractivity (Wildman–Crippen MR) is 223 cm³/mol. The summed E-state index contributed by atoms with van der Waals surface area (Å²) in [5.41, 5.74) is 5.45. The molecule has 2 aromatic heterocycles. The lowest BCUT2D eigenvalue weighted by atomic mass is 9.92. The molecule has 0 aliphatic carbocycles. The predicted octanol–water partition coefficient (Wildman–Crippen LogP) is 9.07. The van der Waals surface area contributed by atoms with E-state index in [1.165, 1.54) is 0 Å². The van der Waals surface area contributed by atoms with Crippen LogP contribution in [-0.4, -0.2) is 73.0 Å². The average Bonchev–Trinajstić information content (AvgIpc) is 3.63. The molecular weight excluding hydrogens is 721 g/mol. The first kappa shape index (κ1) is 40.8. The number of carbonyl (C=O) groups excluding carboxylic acids is 1. The Hall–Kier alpha value is -5.82. The van der Waals surface area contributed by atoms with Crippen molar-refractivity contribution in [2.24, 2.45) is 0 Å². The maximum Gasteiger partial charge on any atom is 0.324 e. The number of aromatic nitrogens is 4. The molecule has 57 heavy (non-hydrogen) atoms. The van der Waals surface area contributed by atoms with Crippen LogP contribution >= 0.6 is 0 Å². The van der Waals surface area contributed by atoms with Crippen LogP contribution in [0.3, 0.4) is 0 Å². The smallest absolute Gasteiger partial charge is 0.324 e. The Morgan fingerprint density at radius 1 is 0.789 bits per heavy atom. The lowest BCUT2D eigenvalue weighted by Crippen LogP contribution is -2.21. The first-order valence-electron chi connectivity index (χ1n) is 19.2. The Bertz CT molecular complexity index is 2250. The molecule has 2 heterocycles. The highest BCUT2D eigenvalue weighted by Gasteiger charge is 2.22. The molecular formula is C45H52N6O6. The average molecular weight is 773 g/mol. The zero-order valence-corrected chi connectivity index (χ0v) is 33.6. The number of hydrogen-bond acceptors (Lipinski definition) is 9. The van der Waals surface area contributed by atoms with Crippen LogP contribution in [0.2, 0.25) is 0 Å². The van der Waals surface area contributed by atoms with Gasteiger partial charge in [-0.25, -0.2) is 14.5 Å². The first-order chi connectivity index (χ1) is 27.6. The fraction of sp³-hybridized carbons (Fsp3) is 0.333. The van der Waals surface area contributed by atoms with Crippen LogP contribution in [0, 0.1) is 6.92 Å². The van der Waals surface area contributed by atoms with Gasteiger partial charge in [-0.1, -0.05) is 68.8 Å². The van der Waals surface area contributed by atoms with E-state index in [4.69, 9.17) is 33.8 Å². The summed E-state index contributed by atoms with van der Waals surface area (Å²) in [5.74, 6) is 2.97. The molecule has 6 rings (SSSR count). The SMILES string of the molecule is COCCOCCOCCCc1cc(Cc2nccc(Oc3ccc(NC(=O)Nc4cc(C(C)(C)C)nn4-c4ccc(C)cc4)c4ccccc34)n2)cc(OC)c1. The Kier molecular flexibility index (Phi) is 13.9. The summed E-state index contributed by atoms with van der Waals surface area (Å²) in [6.07, 6.45) is 3.91. The van der Waals surface area contributed by atoms with Crippen LogP contribution < -0.4 is 20.1 Å². The Labute approximate surface area is 334 Å². The molecule has 0 radical (unpaired) electrons. The lowest BCUT2D eigenvalue weighted by Gasteiger charge is -2.14. The van der Waals surface area contributed by atoms with Crippen LogP contribution in [0.25, 0.3) is 16.5 Å². The van der Waals surface area contributed by atoms with Crippen molar-refractivity contribution in [3.05, 3.63) is 125 Å². The lowest BCUT2D eigenvalue weighted by molar-refractivity contribution is 0.0244. The number of nitrogens with zero attached hydrogens (tertiary/aromatic N) is 4. The molecule has 0 fully saturated rings. The number of amides is 2. The van der Waals surface area contributed by atoms with Gasteiger partial charge in [-0.05, 0) is 67.3 Å². The maximum absolute atomic E-state index is 13.5. The molecule has 2 amide bonds. The number of hydrogen-bond donors (Lipinski definition) is 2. The van der Waals surface area contributed by atoms with Gasteiger partial charge in [-0.15, -0.1) is 0 Å². The molecule has 0 saturated carbocycles. The van der Waals surface area contributed by atoms with Gasteiger partial charge >= 0.3 is 6.03 Å². The van der Waals surface area contributed by atoms with Crippen LogP contribution in [-0.2, 0) is 32.5 Å². The number of urea groups is 1. The highest BCUT2D eigenvalue weighted by Crippen LogP contribution is 2.34. The van der Waals surface area contributed by atoms with Crippen molar-refractivity contribution >= 4 is 28.3 Å². The Morgan fingerprint density at radius 3 is 2.28 bits per heavy atom. The normalized spacial score (nSPS) is 11.5. The molecule has 6 aromatic rings. The van der Waals surface area contributed by atoms with Gasteiger partial charge in [-0.2, -0.15) is 10.1 Å². The van der Waals surface area contributed by atoms with E-state index in [9.17, 15) is 4.79 Å². The number of nitrogens with one attached hydrogen (secondary N) is 2. The molecule has 0 aliphatic heterocycles. The minimum atomic E-state index is -0.392. The van der Waals surface area contributed by atoms with Gasteiger partial charge in [0, 0.05) is 54.7 Å². The standard InChI is InChI=1S/C45H52N6O6/c1-31-13-15-34(16-14-31)51-42(30-40(50-51)45(2,3)4)49-44(52)47-38-17-18-39(37-12-8-7-11-36(37)38)57-43-19-20-46-41(48-43)29-33-26-32(27-35(28-33)54-6)10-9-21-55-24-25-56-23-22-53-5/h7-8,11-20,26-28,30H,9-10,21-25,29H2,1-6H3,(H2,47,49,52). The van der Waals surface area contributed by atoms with Crippen LogP contribution in [0.1, 0.15) is 55.4 Å². The number of benzene rings is 4. The second kappa shape index (κ2) is 19.4. The van der Waals surface area contributed by atoms with Gasteiger partial charge in [0.15, 0.2) is 0 Å². The Morgan fingerprint density at radius 2 is 1.53 bits per heavy atom. The topological polar surface area (TPSA) is 131 Å². The highest BCUT2D eigenvalue weighted by molar-refractivity contribution is 6.07. The quantitative estimate of drug-likeness (QED) is 0.0822. The van der Waals surface area contributed by atoms with Gasteiger partial charge in [0.2, 0.25) is 5.88 Å². The number of carbonyl (C=O) groups is 1.